The molecule has 0 radical (unpaired) electrons. The first-order valence-corrected chi connectivity index (χ1v) is 18.2. The molecular formula is C49H33N5. The van der Waals surface area contributed by atoms with Gasteiger partial charge in [-0.05, 0) is 81.4 Å². The smallest absolute Gasteiger partial charge is 0.157 e. The molecule has 10 rings (SSSR count). The molecular weight excluding hydrogens is 659 g/mol. The number of para-hydroxylation sites is 2. The second-order valence-corrected chi connectivity index (χ2v) is 15.1. The number of benzene rings is 7. The van der Waals surface area contributed by atoms with Crippen molar-refractivity contribution in [3.05, 3.63) is 162 Å². The van der Waals surface area contributed by atoms with Crippen molar-refractivity contribution < 1.29 is 0 Å². The highest BCUT2D eigenvalue weighted by molar-refractivity contribution is 6.22. The Balaban J connectivity index is 1.22. The lowest BCUT2D eigenvalue weighted by molar-refractivity contribution is 0.591. The van der Waals surface area contributed by atoms with Crippen molar-refractivity contribution in [2.24, 2.45) is 0 Å². The Kier molecular flexibility index (Phi) is 6.80. The minimum absolute atomic E-state index is 0.105. The van der Waals surface area contributed by atoms with Gasteiger partial charge >= 0.3 is 0 Å². The largest absolute Gasteiger partial charge is 0.309 e. The highest BCUT2D eigenvalue weighted by Crippen LogP contribution is 2.41. The standard InChI is InChI=1S/C49H33N5/c1-49(2,3)33-20-22-36-40(28-50)41(29-51)48(52-42(36)27-33)54-43-16-10-9-15-37(43)39-25-31(19-23-44(39)54)32-17-21-38-46(26-32)53(34-12-5-4-6-13-34)45-24-18-30-11-7-8-14-35(30)47(38)45/h4-27H,1-3H3. The number of pyridine rings is 1. The molecule has 0 saturated carbocycles. The lowest BCUT2D eigenvalue weighted by atomic mass is 9.86. The first kappa shape index (κ1) is 31.5. The van der Waals surface area contributed by atoms with Crippen molar-refractivity contribution in [3.8, 4) is 34.8 Å². The zero-order chi connectivity index (χ0) is 36.7. The minimum Gasteiger partial charge on any atom is -0.309 e. The Bertz CT molecular complexity index is 3270. The third-order valence-electron chi connectivity index (χ3n) is 10.9. The summed E-state index contributed by atoms with van der Waals surface area (Å²) in [6.45, 7) is 6.49. The molecule has 0 saturated heterocycles. The summed E-state index contributed by atoms with van der Waals surface area (Å²) in [5.74, 6) is 0.465. The monoisotopic (exact) mass is 691 g/mol. The third kappa shape index (κ3) is 4.59. The molecule has 254 valence electrons. The molecule has 0 N–H and O–H groups in total. The molecule has 0 aliphatic heterocycles. The summed E-state index contributed by atoms with van der Waals surface area (Å²) in [6.07, 6.45) is 0. The van der Waals surface area contributed by atoms with Gasteiger partial charge in [-0.1, -0.05) is 118 Å². The van der Waals surface area contributed by atoms with Crippen LogP contribution in [0.15, 0.2) is 146 Å². The van der Waals surface area contributed by atoms with Crippen molar-refractivity contribution in [1.82, 2.24) is 14.1 Å². The molecule has 7 aromatic carbocycles. The van der Waals surface area contributed by atoms with Crippen LogP contribution in [-0.4, -0.2) is 14.1 Å². The van der Waals surface area contributed by atoms with Crippen molar-refractivity contribution in [1.29, 1.82) is 10.5 Å². The fourth-order valence-electron chi connectivity index (χ4n) is 8.31. The summed E-state index contributed by atoms with van der Waals surface area (Å²) in [7, 11) is 0. The quantitative estimate of drug-likeness (QED) is 0.185. The molecule has 0 spiro atoms. The summed E-state index contributed by atoms with van der Waals surface area (Å²) >= 11 is 0. The van der Waals surface area contributed by atoms with Gasteiger partial charge in [0.2, 0.25) is 0 Å². The van der Waals surface area contributed by atoms with E-state index < -0.39 is 0 Å². The molecule has 5 heteroatoms. The molecule has 5 nitrogen and oxygen atoms in total. The van der Waals surface area contributed by atoms with E-state index in [1.165, 1.54) is 27.1 Å². The van der Waals surface area contributed by atoms with Crippen LogP contribution in [0.25, 0.3) is 87.9 Å². The molecule has 0 unspecified atom stereocenters. The molecule has 3 aromatic heterocycles. The predicted molar refractivity (Wildman–Crippen MR) is 221 cm³/mol. The Morgan fingerprint density at radius 3 is 1.96 bits per heavy atom. The maximum atomic E-state index is 10.6. The molecule has 3 heterocycles. The number of nitriles is 2. The molecule has 0 aliphatic rings. The lowest BCUT2D eigenvalue weighted by Gasteiger charge is -2.20. The number of hydrogen-bond donors (Lipinski definition) is 0. The van der Waals surface area contributed by atoms with E-state index in [0.29, 0.717) is 22.3 Å². The van der Waals surface area contributed by atoms with Crippen LogP contribution in [0.4, 0.5) is 0 Å². The second-order valence-electron chi connectivity index (χ2n) is 15.1. The van der Waals surface area contributed by atoms with Crippen molar-refractivity contribution >= 4 is 65.3 Å². The molecule has 0 bridgehead atoms. The van der Waals surface area contributed by atoms with E-state index in [1.807, 2.05) is 24.3 Å². The van der Waals surface area contributed by atoms with Crippen LogP contribution >= 0.6 is 0 Å². The average Bonchev–Trinajstić information content (AvgIpc) is 3.72. The fourth-order valence-corrected chi connectivity index (χ4v) is 8.31. The van der Waals surface area contributed by atoms with Gasteiger partial charge in [-0.2, -0.15) is 10.5 Å². The first-order chi connectivity index (χ1) is 26.3. The maximum Gasteiger partial charge on any atom is 0.157 e. The normalized spacial score (nSPS) is 11.9. The van der Waals surface area contributed by atoms with Crippen molar-refractivity contribution in [3.63, 3.8) is 0 Å². The van der Waals surface area contributed by atoms with Crippen LogP contribution in [0.2, 0.25) is 0 Å². The third-order valence-corrected chi connectivity index (χ3v) is 10.9. The maximum absolute atomic E-state index is 10.6. The summed E-state index contributed by atoms with van der Waals surface area (Å²) < 4.78 is 4.43. The van der Waals surface area contributed by atoms with Gasteiger partial charge < -0.3 is 4.57 Å². The molecule has 0 fully saturated rings. The van der Waals surface area contributed by atoms with E-state index in [-0.39, 0.29) is 11.0 Å². The predicted octanol–water partition coefficient (Wildman–Crippen LogP) is 12.3. The summed E-state index contributed by atoms with van der Waals surface area (Å²) in [5.41, 5.74) is 9.80. The van der Waals surface area contributed by atoms with E-state index in [9.17, 15) is 10.5 Å². The van der Waals surface area contributed by atoms with Gasteiger partial charge in [0.25, 0.3) is 0 Å². The Hall–Kier alpha value is -7.21. The van der Waals surface area contributed by atoms with Crippen LogP contribution in [0, 0.1) is 22.7 Å². The van der Waals surface area contributed by atoms with E-state index in [0.717, 1.165) is 49.7 Å². The van der Waals surface area contributed by atoms with Crippen LogP contribution in [0.3, 0.4) is 0 Å². The highest BCUT2D eigenvalue weighted by atomic mass is 15.1. The molecule has 0 amide bonds. The summed E-state index contributed by atoms with van der Waals surface area (Å²) in [5, 5.41) is 28.7. The van der Waals surface area contributed by atoms with Gasteiger partial charge in [0.1, 0.15) is 17.7 Å². The number of hydrogen-bond acceptors (Lipinski definition) is 3. The zero-order valence-electron chi connectivity index (χ0n) is 30.1. The van der Waals surface area contributed by atoms with Gasteiger partial charge in [0.05, 0.1) is 33.1 Å². The van der Waals surface area contributed by atoms with Crippen LogP contribution in [0.5, 0.6) is 0 Å². The van der Waals surface area contributed by atoms with Gasteiger partial charge in [-0.3, -0.25) is 4.57 Å². The number of fused-ring (bicyclic) bond motifs is 9. The van der Waals surface area contributed by atoms with Gasteiger partial charge in [0, 0.05) is 32.6 Å². The lowest BCUT2D eigenvalue weighted by Crippen LogP contribution is -2.11. The number of aromatic nitrogens is 3. The Morgan fingerprint density at radius 2 is 1.17 bits per heavy atom. The Labute approximate surface area is 312 Å². The van der Waals surface area contributed by atoms with Crippen LogP contribution in [0.1, 0.15) is 37.5 Å². The minimum atomic E-state index is -0.105. The fraction of sp³-hybridized carbons (Fsp3) is 0.0816. The van der Waals surface area contributed by atoms with E-state index in [1.54, 1.807) is 0 Å². The highest BCUT2D eigenvalue weighted by Gasteiger charge is 2.23. The van der Waals surface area contributed by atoms with Gasteiger partial charge in [-0.25, -0.2) is 4.98 Å². The van der Waals surface area contributed by atoms with Crippen LogP contribution in [-0.2, 0) is 5.41 Å². The van der Waals surface area contributed by atoms with Crippen LogP contribution < -0.4 is 0 Å². The molecule has 0 aliphatic carbocycles. The zero-order valence-corrected chi connectivity index (χ0v) is 30.1. The van der Waals surface area contributed by atoms with Crippen molar-refractivity contribution in [2.75, 3.05) is 0 Å². The van der Waals surface area contributed by atoms with Gasteiger partial charge in [-0.15, -0.1) is 0 Å². The van der Waals surface area contributed by atoms with Gasteiger partial charge in [0.15, 0.2) is 5.82 Å². The number of nitrogens with zero attached hydrogens (tertiary/aromatic N) is 5. The Morgan fingerprint density at radius 1 is 0.500 bits per heavy atom. The molecule has 54 heavy (non-hydrogen) atoms. The summed E-state index contributed by atoms with van der Waals surface area (Å²) in [6, 6.07) is 55.9. The molecule has 10 aromatic rings. The van der Waals surface area contributed by atoms with E-state index in [4.69, 9.17) is 4.98 Å². The first-order valence-electron chi connectivity index (χ1n) is 18.2. The average molecular weight is 692 g/mol. The number of rotatable bonds is 3. The topological polar surface area (TPSA) is 70.3 Å². The van der Waals surface area contributed by atoms with E-state index in [2.05, 4.69) is 163 Å². The second kappa shape index (κ2) is 11.7. The molecule has 0 atom stereocenters. The SMILES string of the molecule is CC(C)(C)c1ccc2c(C#N)c(C#N)c(-n3c4ccccc4c4cc(-c5ccc6c7c8ccccc8ccc7n(-c7ccccc7)c6c5)ccc43)nc2c1. The van der Waals surface area contributed by atoms with E-state index >= 15 is 0 Å². The summed E-state index contributed by atoms with van der Waals surface area (Å²) in [4.78, 5) is 5.15. The van der Waals surface area contributed by atoms with Crippen molar-refractivity contribution in [2.45, 2.75) is 26.2 Å².